The first-order chi connectivity index (χ1) is 11.6. The highest BCUT2D eigenvalue weighted by molar-refractivity contribution is 7.15. The Labute approximate surface area is 145 Å². The van der Waals surface area contributed by atoms with Crippen LogP contribution in [0.4, 0.5) is 15.7 Å². The lowest BCUT2D eigenvalue weighted by molar-refractivity contribution is 0.197. The van der Waals surface area contributed by atoms with Crippen LogP contribution in [0, 0.1) is 0 Å². The van der Waals surface area contributed by atoms with E-state index in [9.17, 15) is 4.79 Å². The highest BCUT2D eigenvalue weighted by Gasteiger charge is 2.23. The minimum Gasteiger partial charge on any atom is -0.366 e. The molecule has 2 amide bonds. The Balaban J connectivity index is 1.48. The zero-order chi connectivity index (χ0) is 16.9. The molecule has 0 unspecified atom stereocenters. The Bertz CT molecular complexity index is 666. The number of nitrogens with one attached hydrogen (secondary N) is 2. The van der Waals surface area contributed by atoms with Crippen molar-refractivity contribution in [1.82, 2.24) is 20.1 Å². The maximum Gasteiger partial charge on any atom is 0.323 e. The minimum atomic E-state index is -0.0717. The van der Waals surface area contributed by atoms with Gasteiger partial charge in [-0.25, -0.2) is 9.78 Å². The van der Waals surface area contributed by atoms with Gasteiger partial charge in [-0.1, -0.05) is 13.8 Å². The van der Waals surface area contributed by atoms with Crippen LogP contribution in [0.3, 0.4) is 0 Å². The molecule has 1 fully saturated rings. The number of carbonyl (C=O) groups excluding carboxylic acids is 1. The summed E-state index contributed by atoms with van der Waals surface area (Å²) >= 11 is 1.54. The molecule has 128 valence electrons. The van der Waals surface area contributed by atoms with Crippen molar-refractivity contribution in [2.75, 3.05) is 23.7 Å². The molecule has 2 N–H and O–H groups in total. The van der Waals surface area contributed by atoms with Gasteiger partial charge in [-0.2, -0.15) is 5.10 Å². The Morgan fingerprint density at radius 3 is 2.79 bits per heavy atom. The highest BCUT2D eigenvalue weighted by Crippen LogP contribution is 2.25. The molecule has 0 saturated carbocycles. The smallest absolute Gasteiger partial charge is 0.323 e. The van der Waals surface area contributed by atoms with Crippen LogP contribution in [0.25, 0.3) is 0 Å². The van der Waals surface area contributed by atoms with Gasteiger partial charge in [-0.15, -0.1) is 16.4 Å². The minimum absolute atomic E-state index is 0.0717. The maximum atomic E-state index is 12.4. The normalized spacial score (nSPS) is 15.5. The van der Waals surface area contributed by atoms with Crippen LogP contribution in [0.2, 0.25) is 0 Å². The van der Waals surface area contributed by atoms with Gasteiger partial charge >= 0.3 is 6.03 Å². The molecule has 1 saturated heterocycles. The molecule has 2 aromatic heterocycles. The predicted octanol–water partition coefficient (Wildman–Crippen LogP) is 3.16. The van der Waals surface area contributed by atoms with Crippen molar-refractivity contribution in [2.45, 2.75) is 38.6 Å². The van der Waals surface area contributed by atoms with E-state index >= 15 is 0 Å². The van der Waals surface area contributed by atoms with Crippen LogP contribution in [-0.2, 0) is 0 Å². The summed E-state index contributed by atoms with van der Waals surface area (Å²) in [4.78, 5) is 19.6. The lowest BCUT2D eigenvalue weighted by Gasteiger charge is -2.32. The number of anilines is 2. The third-order valence-electron chi connectivity index (χ3n) is 4.01. The number of thiazole rings is 1. The number of piperidine rings is 1. The van der Waals surface area contributed by atoms with Crippen LogP contribution >= 0.6 is 11.3 Å². The number of amides is 2. The second kappa shape index (κ2) is 7.57. The van der Waals surface area contributed by atoms with E-state index in [1.54, 1.807) is 6.20 Å². The predicted molar refractivity (Wildman–Crippen MR) is 95.5 cm³/mol. The Morgan fingerprint density at radius 2 is 2.17 bits per heavy atom. The fraction of sp³-hybridized carbons (Fsp3) is 0.500. The van der Waals surface area contributed by atoms with E-state index in [1.807, 2.05) is 23.2 Å². The zero-order valence-corrected chi connectivity index (χ0v) is 14.7. The number of nitrogens with zero attached hydrogens (tertiary/aromatic N) is 4. The summed E-state index contributed by atoms with van der Waals surface area (Å²) in [6.45, 7) is 5.67. The first-order valence-electron chi connectivity index (χ1n) is 8.17. The SMILES string of the molecule is CC(C)c1cnc(NC(=O)N2CCC(Nc3cccnn3)CC2)s1. The summed E-state index contributed by atoms with van der Waals surface area (Å²) in [5.41, 5.74) is 0. The van der Waals surface area contributed by atoms with Gasteiger partial charge in [0.05, 0.1) is 0 Å². The molecule has 2 aromatic rings. The Kier molecular flexibility index (Phi) is 5.24. The van der Waals surface area contributed by atoms with E-state index in [4.69, 9.17) is 0 Å². The summed E-state index contributed by atoms with van der Waals surface area (Å²) in [6.07, 6.45) is 5.27. The number of hydrogen-bond acceptors (Lipinski definition) is 6. The summed E-state index contributed by atoms with van der Waals surface area (Å²) in [6, 6.07) is 4.01. The van der Waals surface area contributed by atoms with Crippen molar-refractivity contribution < 1.29 is 4.79 Å². The molecule has 0 radical (unpaired) electrons. The molecule has 0 bridgehead atoms. The molecule has 3 heterocycles. The van der Waals surface area contributed by atoms with Crippen LogP contribution in [0.15, 0.2) is 24.5 Å². The second-order valence-corrected chi connectivity index (χ2v) is 7.23. The average molecular weight is 346 g/mol. The van der Waals surface area contributed by atoms with Crippen molar-refractivity contribution in [3.63, 3.8) is 0 Å². The van der Waals surface area contributed by atoms with E-state index in [2.05, 4.69) is 39.7 Å². The molecule has 7 nitrogen and oxygen atoms in total. The lowest BCUT2D eigenvalue weighted by Crippen LogP contribution is -2.44. The summed E-state index contributed by atoms with van der Waals surface area (Å²) in [7, 11) is 0. The fourth-order valence-corrected chi connectivity index (χ4v) is 3.40. The maximum absolute atomic E-state index is 12.4. The van der Waals surface area contributed by atoms with E-state index in [-0.39, 0.29) is 6.03 Å². The molecule has 0 spiro atoms. The highest BCUT2D eigenvalue weighted by atomic mass is 32.1. The number of aromatic nitrogens is 3. The van der Waals surface area contributed by atoms with Crippen molar-refractivity contribution >= 4 is 28.3 Å². The van der Waals surface area contributed by atoms with Gasteiger partial charge in [-0.05, 0) is 30.9 Å². The van der Waals surface area contributed by atoms with Gasteiger partial charge < -0.3 is 10.2 Å². The van der Waals surface area contributed by atoms with Crippen LogP contribution in [0.1, 0.15) is 37.5 Å². The van der Waals surface area contributed by atoms with Crippen molar-refractivity contribution in [3.8, 4) is 0 Å². The van der Waals surface area contributed by atoms with Crippen molar-refractivity contribution in [2.24, 2.45) is 0 Å². The third kappa shape index (κ3) is 4.19. The number of carbonyl (C=O) groups is 1. The molecular weight excluding hydrogens is 324 g/mol. The van der Waals surface area contributed by atoms with E-state index in [1.165, 1.54) is 16.2 Å². The number of hydrogen-bond donors (Lipinski definition) is 2. The molecule has 0 aliphatic carbocycles. The van der Waals surface area contributed by atoms with Gasteiger partial charge in [0, 0.05) is 36.4 Å². The van der Waals surface area contributed by atoms with E-state index < -0.39 is 0 Å². The second-order valence-electron chi connectivity index (χ2n) is 6.17. The molecular formula is C16H22N6OS. The molecule has 1 aliphatic rings. The molecule has 0 aromatic carbocycles. The number of urea groups is 1. The van der Waals surface area contributed by atoms with Gasteiger partial charge in [-0.3, -0.25) is 5.32 Å². The Morgan fingerprint density at radius 1 is 1.38 bits per heavy atom. The fourth-order valence-electron chi connectivity index (χ4n) is 2.60. The van der Waals surface area contributed by atoms with Crippen molar-refractivity contribution in [1.29, 1.82) is 0 Å². The molecule has 0 atom stereocenters. The van der Waals surface area contributed by atoms with Gasteiger partial charge in [0.25, 0.3) is 0 Å². The first kappa shape index (κ1) is 16.6. The molecule has 8 heteroatoms. The zero-order valence-electron chi connectivity index (χ0n) is 13.9. The van der Waals surface area contributed by atoms with Gasteiger partial charge in [0.1, 0.15) is 5.82 Å². The first-order valence-corrected chi connectivity index (χ1v) is 8.99. The standard InChI is InChI=1S/C16H22N6OS/c1-11(2)13-10-17-15(24-13)20-16(23)22-8-5-12(6-9-22)19-14-4-3-7-18-21-14/h3-4,7,10-12H,5-6,8-9H2,1-2H3,(H,19,21)(H,17,20,23). The quantitative estimate of drug-likeness (QED) is 0.888. The lowest BCUT2D eigenvalue weighted by atomic mass is 10.1. The average Bonchev–Trinajstić information content (AvgIpc) is 3.05. The molecule has 3 rings (SSSR count). The largest absolute Gasteiger partial charge is 0.366 e. The third-order valence-corrected chi connectivity index (χ3v) is 5.23. The topological polar surface area (TPSA) is 83.0 Å². The summed E-state index contributed by atoms with van der Waals surface area (Å²) < 4.78 is 0. The summed E-state index contributed by atoms with van der Waals surface area (Å²) in [5, 5.41) is 14.8. The number of rotatable bonds is 4. The number of likely N-dealkylation sites (tertiary alicyclic amines) is 1. The summed E-state index contributed by atoms with van der Waals surface area (Å²) in [5.74, 6) is 1.21. The van der Waals surface area contributed by atoms with Crippen LogP contribution < -0.4 is 10.6 Å². The van der Waals surface area contributed by atoms with E-state index in [0.29, 0.717) is 30.2 Å². The van der Waals surface area contributed by atoms with Gasteiger partial charge in [0.2, 0.25) is 0 Å². The van der Waals surface area contributed by atoms with Gasteiger partial charge in [0.15, 0.2) is 5.13 Å². The molecule has 24 heavy (non-hydrogen) atoms. The van der Waals surface area contributed by atoms with Crippen LogP contribution in [0.5, 0.6) is 0 Å². The van der Waals surface area contributed by atoms with E-state index in [0.717, 1.165) is 18.7 Å². The van der Waals surface area contributed by atoms with Crippen LogP contribution in [-0.4, -0.2) is 45.2 Å². The van der Waals surface area contributed by atoms with Crippen molar-refractivity contribution in [3.05, 3.63) is 29.4 Å². The monoisotopic (exact) mass is 346 g/mol. The Hall–Kier alpha value is -2.22. The molecule has 1 aliphatic heterocycles.